The van der Waals surface area contributed by atoms with E-state index in [1.54, 1.807) is 35.0 Å². The molecule has 3 aromatic heterocycles. The molecule has 0 spiro atoms. The number of halogens is 2. The van der Waals surface area contributed by atoms with Crippen molar-refractivity contribution < 1.29 is 27.6 Å². The number of esters is 1. The number of carbonyl (C=O) groups is 1. The lowest BCUT2D eigenvalue weighted by Crippen LogP contribution is -2.40. The Morgan fingerprint density at radius 3 is 2.72 bits per heavy atom. The van der Waals surface area contributed by atoms with E-state index in [0.717, 1.165) is 32.1 Å². The van der Waals surface area contributed by atoms with Crippen molar-refractivity contribution in [3.05, 3.63) is 71.8 Å². The first-order valence-corrected chi connectivity index (χ1v) is 14.7. The molecule has 1 saturated heterocycles. The van der Waals surface area contributed by atoms with Crippen LogP contribution >= 0.6 is 0 Å². The van der Waals surface area contributed by atoms with Gasteiger partial charge in [-0.25, -0.2) is 18.7 Å². The van der Waals surface area contributed by atoms with Crippen molar-refractivity contribution in [3.8, 4) is 22.9 Å². The normalized spacial score (nSPS) is 21.1. The molecule has 2 fully saturated rings. The van der Waals surface area contributed by atoms with Crippen molar-refractivity contribution in [2.75, 3.05) is 39.5 Å². The largest absolute Gasteiger partial charge is 0.464 e. The molecule has 1 unspecified atom stereocenters. The van der Waals surface area contributed by atoms with Gasteiger partial charge in [0.1, 0.15) is 30.1 Å². The van der Waals surface area contributed by atoms with E-state index >= 15 is 4.39 Å². The van der Waals surface area contributed by atoms with Gasteiger partial charge in [-0.1, -0.05) is 36.7 Å². The number of benzene rings is 1. The summed E-state index contributed by atoms with van der Waals surface area (Å²) < 4.78 is 47.6. The van der Waals surface area contributed by atoms with Gasteiger partial charge in [-0.05, 0) is 30.9 Å². The average molecular weight is 593 g/mol. The highest BCUT2D eigenvalue weighted by Gasteiger charge is 2.40. The summed E-state index contributed by atoms with van der Waals surface area (Å²) >= 11 is 0. The first-order chi connectivity index (χ1) is 21.0. The van der Waals surface area contributed by atoms with Gasteiger partial charge in [-0.2, -0.15) is 5.10 Å². The van der Waals surface area contributed by atoms with Crippen LogP contribution in [0.5, 0.6) is 0 Å². The molecule has 226 valence electrons. The Labute approximate surface area is 248 Å². The number of carbonyl (C=O) groups excluding carboxylic acids is 1. The molecule has 3 atom stereocenters. The maximum absolute atomic E-state index is 15.4. The summed E-state index contributed by atoms with van der Waals surface area (Å²) in [7, 11) is 0. The lowest BCUT2D eigenvalue weighted by molar-refractivity contribution is -0.153. The molecule has 4 aromatic rings. The first kappa shape index (κ1) is 29.1. The molecule has 1 saturated carbocycles. The molecule has 1 aliphatic heterocycles. The number of rotatable bonds is 9. The summed E-state index contributed by atoms with van der Waals surface area (Å²) in [6.45, 7) is 6.01. The van der Waals surface area contributed by atoms with Crippen molar-refractivity contribution in [2.45, 2.75) is 38.6 Å². The zero-order valence-corrected chi connectivity index (χ0v) is 24.0. The Balaban J connectivity index is 1.27. The van der Waals surface area contributed by atoms with Gasteiger partial charge >= 0.3 is 5.97 Å². The molecule has 43 heavy (non-hydrogen) atoms. The van der Waals surface area contributed by atoms with Gasteiger partial charge < -0.3 is 14.0 Å². The second-order valence-corrected chi connectivity index (χ2v) is 11.1. The Morgan fingerprint density at radius 1 is 1.09 bits per heavy atom. The van der Waals surface area contributed by atoms with Crippen LogP contribution in [-0.2, 0) is 20.8 Å². The molecule has 12 heteroatoms. The molecule has 2 aliphatic rings. The smallest absolute Gasteiger partial charge is 0.309 e. The van der Waals surface area contributed by atoms with E-state index in [-0.39, 0.29) is 42.4 Å². The molecule has 0 radical (unpaired) electrons. The van der Waals surface area contributed by atoms with Crippen molar-refractivity contribution in [1.82, 2.24) is 29.8 Å². The van der Waals surface area contributed by atoms with Gasteiger partial charge in [0.05, 0.1) is 43.3 Å². The van der Waals surface area contributed by atoms with Gasteiger partial charge in [-0.15, -0.1) is 0 Å². The van der Waals surface area contributed by atoms with E-state index in [1.807, 2.05) is 6.92 Å². The molecule has 1 aliphatic carbocycles. The maximum Gasteiger partial charge on any atom is 0.309 e. The number of hydrogen-bond donors (Lipinski definition) is 0. The second-order valence-electron chi connectivity index (χ2n) is 11.1. The van der Waals surface area contributed by atoms with Crippen molar-refractivity contribution >= 4 is 5.97 Å². The summed E-state index contributed by atoms with van der Waals surface area (Å²) in [4.78, 5) is 24.5. The fourth-order valence-electron chi connectivity index (χ4n) is 6.06. The predicted octanol–water partition coefficient (Wildman–Crippen LogP) is 4.72. The highest BCUT2D eigenvalue weighted by molar-refractivity contribution is 5.74. The third-order valence-electron chi connectivity index (χ3n) is 8.36. The highest BCUT2D eigenvalue weighted by atomic mass is 19.1. The van der Waals surface area contributed by atoms with E-state index in [9.17, 15) is 9.18 Å². The number of aromatic nitrogens is 5. The lowest BCUT2D eigenvalue weighted by Gasteiger charge is -2.35. The average Bonchev–Trinajstić information content (AvgIpc) is 3.69. The van der Waals surface area contributed by atoms with Gasteiger partial charge in [0, 0.05) is 37.2 Å². The Kier molecular flexibility index (Phi) is 8.85. The van der Waals surface area contributed by atoms with E-state index in [2.05, 4.69) is 25.1 Å². The van der Waals surface area contributed by atoms with E-state index in [1.165, 1.54) is 12.3 Å². The van der Waals surface area contributed by atoms with Crippen LogP contribution in [-0.4, -0.2) is 75.2 Å². The summed E-state index contributed by atoms with van der Waals surface area (Å²) in [5.74, 6) is -2.04. The zero-order chi connectivity index (χ0) is 29.8. The number of hydrogen-bond acceptors (Lipinski definition) is 9. The Hall–Kier alpha value is -4.03. The zero-order valence-electron chi connectivity index (χ0n) is 24.0. The summed E-state index contributed by atoms with van der Waals surface area (Å²) in [5, 5.41) is 8.68. The van der Waals surface area contributed by atoms with E-state index in [4.69, 9.17) is 14.0 Å². The maximum atomic E-state index is 15.4. The summed E-state index contributed by atoms with van der Waals surface area (Å²) in [6.07, 6.45) is 4.86. The molecular weight excluding hydrogens is 558 g/mol. The minimum absolute atomic E-state index is 0.00574. The molecule has 4 heterocycles. The van der Waals surface area contributed by atoms with Crippen LogP contribution in [0, 0.1) is 23.5 Å². The molecule has 0 amide bonds. The predicted molar refractivity (Wildman–Crippen MR) is 152 cm³/mol. The van der Waals surface area contributed by atoms with E-state index in [0.29, 0.717) is 48.8 Å². The second kappa shape index (κ2) is 13.1. The number of nitrogens with zero attached hydrogens (tertiary/aromatic N) is 6. The highest BCUT2D eigenvalue weighted by Crippen LogP contribution is 2.42. The van der Waals surface area contributed by atoms with Gasteiger partial charge in [-0.3, -0.25) is 14.4 Å². The number of morpholine rings is 1. The monoisotopic (exact) mass is 592 g/mol. The molecule has 0 bridgehead atoms. The molecule has 6 rings (SSSR count). The van der Waals surface area contributed by atoms with Crippen LogP contribution in [0.1, 0.15) is 43.4 Å². The van der Waals surface area contributed by atoms with Crippen LogP contribution in [0.3, 0.4) is 0 Å². The van der Waals surface area contributed by atoms with Crippen LogP contribution in [0.2, 0.25) is 0 Å². The van der Waals surface area contributed by atoms with E-state index < -0.39 is 17.7 Å². The molecular formula is C31H34F2N6O4. The minimum Gasteiger partial charge on any atom is -0.464 e. The minimum atomic E-state index is -0.573. The first-order valence-electron chi connectivity index (χ1n) is 14.7. The lowest BCUT2D eigenvalue weighted by atomic mass is 9.71. The van der Waals surface area contributed by atoms with Crippen molar-refractivity contribution in [3.63, 3.8) is 0 Å². The van der Waals surface area contributed by atoms with Gasteiger partial charge in [0.2, 0.25) is 0 Å². The Morgan fingerprint density at radius 2 is 1.93 bits per heavy atom. The molecule has 1 aromatic carbocycles. The SMILES string of the molecule is C[C@H]1CCCC(c2nc(-c3cc(-c4ccon4)n(Cc4ccccc4F)n3)ncc2F)[C@H]1C(=O)OCCN1CCOCC1. The van der Waals surface area contributed by atoms with Gasteiger partial charge in [0.25, 0.3) is 0 Å². The van der Waals surface area contributed by atoms with Crippen LogP contribution in [0.4, 0.5) is 8.78 Å². The van der Waals surface area contributed by atoms with Crippen molar-refractivity contribution in [1.29, 1.82) is 0 Å². The fraction of sp³-hybridized carbons (Fsp3) is 0.452. The topological polar surface area (TPSA) is 108 Å². The summed E-state index contributed by atoms with van der Waals surface area (Å²) in [6, 6.07) is 9.84. The quantitative estimate of drug-likeness (QED) is 0.255. The third-order valence-corrected chi connectivity index (χ3v) is 8.36. The standard InChI is InChI=1S/C31H34F2N6O4/c1-20-5-4-7-22(28(20)31(40)42-16-12-38-10-14-41-15-11-38)29-24(33)18-34-30(35-29)26-17-27(25-9-13-43-37-25)39(36-26)19-21-6-2-3-8-23(21)32/h2-3,6,8-9,13,17-18,20,22,28H,4-5,7,10-12,14-16,19H2,1H3/t20-,22?,28-/m0/s1. The summed E-state index contributed by atoms with van der Waals surface area (Å²) in [5.41, 5.74) is 2.05. The third kappa shape index (κ3) is 6.50. The van der Waals surface area contributed by atoms with Crippen molar-refractivity contribution in [2.24, 2.45) is 11.8 Å². The van der Waals surface area contributed by atoms with Crippen LogP contribution < -0.4 is 0 Å². The van der Waals surface area contributed by atoms with Crippen LogP contribution in [0.15, 0.2) is 53.4 Å². The van der Waals surface area contributed by atoms with Crippen LogP contribution in [0.25, 0.3) is 22.9 Å². The van der Waals surface area contributed by atoms with Gasteiger partial charge in [0.15, 0.2) is 11.6 Å². The number of ether oxygens (including phenoxy) is 2. The molecule has 10 nitrogen and oxygen atoms in total. The Bertz CT molecular complexity index is 1540. The fourth-order valence-corrected chi connectivity index (χ4v) is 6.06. The molecule has 0 N–H and O–H groups in total.